The largest absolute Gasteiger partial charge is 0.392 e. The molecule has 2 atom stereocenters. The zero-order valence-corrected chi connectivity index (χ0v) is 11.7. The number of nitro groups is 1. The summed E-state index contributed by atoms with van der Waals surface area (Å²) < 4.78 is 0. The van der Waals surface area contributed by atoms with E-state index in [4.69, 9.17) is 0 Å². The van der Waals surface area contributed by atoms with Crippen molar-refractivity contribution in [2.75, 3.05) is 6.54 Å². The molecule has 0 aliphatic rings. The number of rotatable bonds is 7. The highest BCUT2D eigenvalue weighted by molar-refractivity contribution is 5.45. The molecule has 0 aliphatic heterocycles. The van der Waals surface area contributed by atoms with Gasteiger partial charge in [0.1, 0.15) is 0 Å². The van der Waals surface area contributed by atoms with Crippen LogP contribution in [0.4, 0.5) is 5.69 Å². The maximum absolute atomic E-state index is 10.9. The van der Waals surface area contributed by atoms with E-state index in [1.807, 2.05) is 19.9 Å². The fourth-order valence-corrected chi connectivity index (χ4v) is 2.17. The van der Waals surface area contributed by atoms with E-state index in [9.17, 15) is 15.2 Å². The molecule has 0 saturated carbocycles. The van der Waals surface area contributed by atoms with E-state index in [0.29, 0.717) is 12.1 Å². The average Bonchev–Trinajstić information content (AvgIpc) is 2.36. The number of benzene rings is 1. The second-order valence-electron chi connectivity index (χ2n) is 4.82. The first-order valence-electron chi connectivity index (χ1n) is 6.62. The number of hydrogen-bond donors (Lipinski definition) is 2. The van der Waals surface area contributed by atoms with E-state index in [2.05, 4.69) is 5.32 Å². The van der Waals surface area contributed by atoms with Gasteiger partial charge in [0.05, 0.1) is 11.0 Å². The SMILES string of the molecule is CCCC(O)CNC(C)c1cccc([N+](=O)[O-])c1C. The van der Waals surface area contributed by atoms with Gasteiger partial charge < -0.3 is 10.4 Å². The van der Waals surface area contributed by atoms with Crippen molar-refractivity contribution < 1.29 is 10.0 Å². The Hall–Kier alpha value is -1.46. The summed E-state index contributed by atoms with van der Waals surface area (Å²) >= 11 is 0. The van der Waals surface area contributed by atoms with Crippen LogP contribution >= 0.6 is 0 Å². The molecular weight excluding hydrogens is 244 g/mol. The molecule has 5 heteroatoms. The number of hydrogen-bond acceptors (Lipinski definition) is 4. The van der Waals surface area contributed by atoms with Crippen molar-refractivity contribution in [1.82, 2.24) is 5.32 Å². The molecular formula is C14H22N2O3. The van der Waals surface area contributed by atoms with Gasteiger partial charge in [0, 0.05) is 24.2 Å². The van der Waals surface area contributed by atoms with Crippen LogP contribution in [0.1, 0.15) is 43.9 Å². The molecule has 106 valence electrons. The smallest absolute Gasteiger partial charge is 0.272 e. The van der Waals surface area contributed by atoms with Gasteiger partial charge in [0.25, 0.3) is 5.69 Å². The molecule has 0 fully saturated rings. The summed E-state index contributed by atoms with van der Waals surface area (Å²) in [6.45, 7) is 6.23. The van der Waals surface area contributed by atoms with Crippen molar-refractivity contribution in [2.45, 2.75) is 45.8 Å². The van der Waals surface area contributed by atoms with Gasteiger partial charge in [-0.15, -0.1) is 0 Å². The van der Waals surface area contributed by atoms with Crippen LogP contribution in [0.3, 0.4) is 0 Å². The zero-order valence-electron chi connectivity index (χ0n) is 11.7. The van der Waals surface area contributed by atoms with E-state index in [1.165, 1.54) is 6.07 Å². The molecule has 0 amide bonds. The molecule has 0 aliphatic carbocycles. The molecule has 0 bridgehead atoms. The predicted molar refractivity (Wildman–Crippen MR) is 75.2 cm³/mol. The molecule has 0 aromatic heterocycles. The molecule has 0 radical (unpaired) electrons. The van der Waals surface area contributed by atoms with Crippen molar-refractivity contribution >= 4 is 5.69 Å². The highest BCUT2D eigenvalue weighted by Gasteiger charge is 2.17. The standard InChI is InChI=1S/C14H22N2O3/c1-4-6-12(17)9-15-11(3)13-7-5-8-14(10(13)2)16(18)19/h5,7-8,11-12,15,17H,4,6,9H2,1-3H3. The van der Waals surface area contributed by atoms with Crippen molar-refractivity contribution in [2.24, 2.45) is 0 Å². The van der Waals surface area contributed by atoms with E-state index in [-0.39, 0.29) is 22.8 Å². The second-order valence-corrected chi connectivity index (χ2v) is 4.82. The molecule has 1 aromatic rings. The van der Waals surface area contributed by atoms with Crippen molar-refractivity contribution in [3.8, 4) is 0 Å². The third-order valence-electron chi connectivity index (χ3n) is 3.29. The van der Waals surface area contributed by atoms with E-state index in [1.54, 1.807) is 13.0 Å². The number of nitro benzene ring substituents is 1. The van der Waals surface area contributed by atoms with Crippen molar-refractivity contribution in [3.05, 3.63) is 39.4 Å². The molecule has 1 rings (SSSR count). The lowest BCUT2D eigenvalue weighted by Crippen LogP contribution is -2.29. The molecule has 5 nitrogen and oxygen atoms in total. The maximum Gasteiger partial charge on any atom is 0.272 e. The van der Waals surface area contributed by atoms with Crippen molar-refractivity contribution in [1.29, 1.82) is 0 Å². The molecule has 19 heavy (non-hydrogen) atoms. The first-order valence-corrected chi connectivity index (χ1v) is 6.62. The lowest BCUT2D eigenvalue weighted by molar-refractivity contribution is -0.385. The van der Waals surface area contributed by atoms with Crippen LogP contribution in [0.25, 0.3) is 0 Å². The molecule has 2 N–H and O–H groups in total. The highest BCUT2D eigenvalue weighted by atomic mass is 16.6. The summed E-state index contributed by atoms with van der Waals surface area (Å²) in [5, 5.41) is 23.8. The minimum Gasteiger partial charge on any atom is -0.392 e. The van der Waals surface area contributed by atoms with Crippen LogP contribution < -0.4 is 5.32 Å². The minimum absolute atomic E-state index is 0.0218. The van der Waals surface area contributed by atoms with Gasteiger partial charge in [0.2, 0.25) is 0 Å². The Balaban J connectivity index is 2.74. The Morgan fingerprint density at radius 3 is 2.74 bits per heavy atom. The summed E-state index contributed by atoms with van der Waals surface area (Å²) in [4.78, 5) is 10.5. The molecule has 0 saturated heterocycles. The van der Waals surface area contributed by atoms with Crippen LogP contribution in [0.5, 0.6) is 0 Å². The van der Waals surface area contributed by atoms with E-state index >= 15 is 0 Å². The lowest BCUT2D eigenvalue weighted by atomic mass is 10.0. The fourth-order valence-electron chi connectivity index (χ4n) is 2.17. The van der Waals surface area contributed by atoms with Gasteiger partial charge in [-0.2, -0.15) is 0 Å². The lowest BCUT2D eigenvalue weighted by Gasteiger charge is -2.18. The van der Waals surface area contributed by atoms with Gasteiger partial charge in [-0.3, -0.25) is 10.1 Å². The number of nitrogens with zero attached hydrogens (tertiary/aromatic N) is 1. The van der Waals surface area contributed by atoms with E-state index in [0.717, 1.165) is 18.4 Å². The van der Waals surface area contributed by atoms with Crippen LogP contribution in [0, 0.1) is 17.0 Å². The monoisotopic (exact) mass is 266 g/mol. The summed E-state index contributed by atoms with van der Waals surface area (Å²) in [5.41, 5.74) is 1.72. The Labute approximate surface area is 113 Å². The maximum atomic E-state index is 10.9. The fraction of sp³-hybridized carbons (Fsp3) is 0.571. The molecule has 0 heterocycles. The van der Waals surface area contributed by atoms with Gasteiger partial charge in [-0.05, 0) is 25.8 Å². The number of aliphatic hydroxyl groups is 1. The molecule has 1 aromatic carbocycles. The first kappa shape index (κ1) is 15.6. The summed E-state index contributed by atoms with van der Waals surface area (Å²) in [5.74, 6) is 0. The summed E-state index contributed by atoms with van der Waals surface area (Å²) in [7, 11) is 0. The summed E-state index contributed by atoms with van der Waals surface area (Å²) in [6.07, 6.45) is 1.33. The summed E-state index contributed by atoms with van der Waals surface area (Å²) in [6, 6.07) is 5.07. The van der Waals surface area contributed by atoms with Crippen LogP contribution in [-0.2, 0) is 0 Å². The Morgan fingerprint density at radius 2 is 2.16 bits per heavy atom. The molecule has 0 spiro atoms. The first-order chi connectivity index (χ1) is 8.97. The van der Waals surface area contributed by atoms with Gasteiger partial charge in [-0.25, -0.2) is 0 Å². The number of nitrogens with one attached hydrogen (secondary N) is 1. The van der Waals surface area contributed by atoms with Crippen LogP contribution in [0.2, 0.25) is 0 Å². The Bertz CT molecular complexity index is 435. The Kier molecular flexibility index (Phi) is 5.92. The van der Waals surface area contributed by atoms with Crippen LogP contribution in [0.15, 0.2) is 18.2 Å². The van der Waals surface area contributed by atoms with Crippen LogP contribution in [-0.4, -0.2) is 22.7 Å². The number of aliphatic hydroxyl groups excluding tert-OH is 1. The second kappa shape index (κ2) is 7.21. The normalized spacial score (nSPS) is 14.1. The van der Waals surface area contributed by atoms with Gasteiger partial charge >= 0.3 is 0 Å². The molecule has 2 unspecified atom stereocenters. The third kappa shape index (κ3) is 4.29. The zero-order chi connectivity index (χ0) is 14.4. The van der Waals surface area contributed by atoms with Gasteiger partial charge in [0.15, 0.2) is 0 Å². The van der Waals surface area contributed by atoms with Crippen molar-refractivity contribution in [3.63, 3.8) is 0 Å². The Morgan fingerprint density at radius 1 is 1.47 bits per heavy atom. The van der Waals surface area contributed by atoms with Gasteiger partial charge in [-0.1, -0.05) is 25.5 Å². The minimum atomic E-state index is -0.369. The quantitative estimate of drug-likeness (QED) is 0.587. The van der Waals surface area contributed by atoms with E-state index < -0.39 is 0 Å². The average molecular weight is 266 g/mol. The predicted octanol–water partition coefficient (Wildman–Crippen LogP) is 2.71. The third-order valence-corrected chi connectivity index (χ3v) is 3.29. The highest BCUT2D eigenvalue weighted by Crippen LogP contribution is 2.25. The topological polar surface area (TPSA) is 75.4 Å².